The number of likely N-dealkylation sites (tertiary alicyclic amines) is 1. The molecule has 1 aromatic carbocycles. The van der Waals surface area contributed by atoms with Crippen LogP contribution in [0.3, 0.4) is 0 Å². The second-order valence-electron chi connectivity index (χ2n) is 6.60. The Morgan fingerprint density at radius 3 is 3.00 bits per heavy atom. The Bertz CT molecular complexity index is 908. The molecule has 1 fully saturated rings. The molecule has 0 saturated carbocycles. The molecule has 0 bridgehead atoms. The lowest BCUT2D eigenvalue weighted by molar-refractivity contribution is 0.197. The van der Waals surface area contributed by atoms with E-state index in [1.165, 1.54) is 5.69 Å². The molecule has 3 heterocycles. The second-order valence-corrected chi connectivity index (χ2v) is 7.45. The lowest BCUT2D eigenvalue weighted by atomic mass is 9.93. The zero-order valence-electron chi connectivity index (χ0n) is 14.0. The minimum Gasteiger partial charge on any atom is -0.298 e. The molecular formula is C18H19Cl2N5. The highest BCUT2D eigenvalue weighted by Crippen LogP contribution is 2.29. The number of piperidine rings is 1. The molecule has 1 aliphatic heterocycles. The summed E-state index contributed by atoms with van der Waals surface area (Å²) in [5, 5.41) is 5.85. The van der Waals surface area contributed by atoms with Crippen LogP contribution in [0, 0.1) is 6.92 Å². The van der Waals surface area contributed by atoms with Crippen molar-refractivity contribution in [1.29, 1.82) is 0 Å². The number of rotatable bonds is 3. The number of benzene rings is 1. The van der Waals surface area contributed by atoms with Gasteiger partial charge in [-0.25, -0.2) is 9.50 Å². The molecule has 0 N–H and O–H groups in total. The van der Waals surface area contributed by atoms with Crippen LogP contribution in [0.4, 0.5) is 0 Å². The van der Waals surface area contributed by atoms with Gasteiger partial charge in [-0.2, -0.15) is 10.1 Å². The van der Waals surface area contributed by atoms with Crippen LogP contribution in [0.15, 0.2) is 30.6 Å². The number of nitrogens with zero attached hydrogens (tertiary/aromatic N) is 5. The third-order valence-electron chi connectivity index (χ3n) is 4.73. The molecule has 0 aliphatic carbocycles. The van der Waals surface area contributed by atoms with Crippen LogP contribution in [0.1, 0.15) is 35.7 Å². The second kappa shape index (κ2) is 6.90. The number of aromatic nitrogens is 4. The average Bonchev–Trinajstić information content (AvgIpc) is 3.06. The van der Waals surface area contributed by atoms with Crippen molar-refractivity contribution in [2.45, 2.75) is 32.2 Å². The topological polar surface area (TPSA) is 46.3 Å². The minimum absolute atomic E-state index is 0.401. The van der Waals surface area contributed by atoms with E-state index in [4.69, 9.17) is 23.2 Å². The fraction of sp³-hybridized carbons (Fsp3) is 0.389. The van der Waals surface area contributed by atoms with Gasteiger partial charge < -0.3 is 0 Å². The lowest BCUT2D eigenvalue weighted by Crippen LogP contribution is -2.34. The fourth-order valence-corrected chi connectivity index (χ4v) is 3.97. The first-order valence-corrected chi connectivity index (χ1v) is 9.19. The molecule has 3 aromatic rings. The van der Waals surface area contributed by atoms with Crippen LogP contribution < -0.4 is 0 Å². The summed E-state index contributed by atoms with van der Waals surface area (Å²) in [7, 11) is 0. The third-order valence-corrected chi connectivity index (χ3v) is 5.34. The fourth-order valence-electron chi connectivity index (χ4n) is 3.60. The van der Waals surface area contributed by atoms with Gasteiger partial charge in [-0.3, -0.25) is 4.90 Å². The largest absolute Gasteiger partial charge is 0.298 e. The van der Waals surface area contributed by atoms with Crippen LogP contribution in [0.25, 0.3) is 5.78 Å². The van der Waals surface area contributed by atoms with Crippen LogP contribution in [0.5, 0.6) is 0 Å². The van der Waals surface area contributed by atoms with Crippen molar-refractivity contribution in [2.24, 2.45) is 0 Å². The first-order chi connectivity index (χ1) is 12.1. The zero-order valence-corrected chi connectivity index (χ0v) is 15.5. The summed E-state index contributed by atoms with van der Waals surface area (Å²) >= 11 is 12.5. The van der Waals surface area contributed by atoms with Gasteiger partial charge in [0, 0.05) is 34.7 Å². The average molecular weight is 376 g/mol. The Morgan fingerprint density at radius 2 is 2.12 bits per heavy atom. The van der Waals surface area contributed by atoms with Crippen molar-refractivity contribution in [1.82, 2.24) is 24.5 Å². The molecule has 25 heavy (non-hydrogen) atoms. The summed E-state index contributed by atoms with van der Waals surface area (Å²) in [6, 6.07) is 7.78. The number of aryl methyl sites for hydroxylation is 1. The van der Waals surface area contributed by atoms with Gasteiger partial charge in [0.05, 0.1) is 5.69 Å². The highest BCUT2D eigenvalue weighted by molar-refractivity contribution is 6.33. The van der Waals surface area contributed by atoms with Gasteiger partial charge in [0.2, 0.25) is 0 Å². The van der Waals surface area contributed by atoms with E-state index in [0.717, 1.165) is 53.8 Å². The molecule has 1 unspecified atom stereocenters. The molecule has 7 heteroatoms. The van der Waals surface area contributed by atoms with E-state index in [1.807, 2.05) is 29.6 Å². The monoisotopic (exact) mass is 375 g/mol. The smallest absolute Gasteiger partial charge is 0.252 e. The molecule has 2 aromatic heterocycles. The summed E-state index contributed by atoms with van der Waals surface area (Å²) in [6.45, 7) is 4.83. The van der Waals surface area contributed by atoms with E-state index < -0.39 is 0 Å². The van der Waals surface area contributed by atoms with Crippen LogP contribution in [-0.2, 0) is 6.54 Å². The summed E-state index contributed by atoms with van der Waals surface area (Å²) in [5.74, 6) is 1.07. The molecule has 0 amide bonds. The molecule has 4 rings (SSSR count). The van der Waals surface area contributed by atoms with Gasteiger partial charge in [-0.05, 0) is 56.1 Å². The first-order valence-electron chi connectivity index (χ1n) is 8.44. The Hall–Kier alpha value is -1.69. The summed E-state index contributed by atoms with van der Waals surface area (Å²) in [6.07, 6.45) is 3.84. The van der Waals surface area contributed by atoms with Crippen molar-refractivity contribution in [3.63, 3.8) is 0 Å². The number of hydrogen-bond donors (Lipinski definition) is 0. The van der Waals surface area contributed by atoms with Crippen molar-refractivity contribution in [2.75, 3.05) is 13.1 Å². The minimum atomic E-state index is 0.401. The maximum Gasteiger partial charge on any atom is 0.252 e. The zero-order chi connectivity index (χ0) is 17.4. The first kappa shape index (κ1) is 16.8. The SMILES string of the molecule is Cc1cc(C2CCCN(Cc3cc(Cl)ccc3Cl)C2)n2ncnc2n1. The number of halogens is 2. The Balaban J connectivity index is 1.58. The number of hydrogen-bond acceptors (Lipinski definition) is 4. The standard InChI is InChI=1S/C18H19Cl2N5/c1-12-7-17(25-18(23-12)21-11-22-25)13-3-2-6-24(9-13)10-14-8-15(19)4-5-16(14)20/h4-5,7-8,11,13H,2-3,6,9-10H2,1H3. The molecule has 5 nitrogen and oxygen atoms in total. The highest BCUT2D eigenvalue weighted by atomic mass is 35.5. The van der Waals surface area contributed by atoms with Crippen molar-refractivity contribution in [3.8, 4) is 0 Å². The molecule has 1 saturated heterocycles. The van der Waals surface area contributed by atoms with E-state index >= 15 is 0 Å². The predicted molar refractivity (Wildman–Crippen MR) is 99.2 cm³/mol. The molecular weight excluding hydrogens is 357 g/mol. The highest BCUT2D eigenvalue weighted by Gasteiger charge is 2.25. The van der Waals surface area contributed by atoms with Gasteiger partial charge in [0.15, 0.2) is 0 Å². The van der Waals surface area contributed by atoms with Gasteiger partial charge in [-0.15, -0.1) is 0 Å². The van der Waals surface area contributed by atoms with E-state index in [9.17, 15) is 0 Å². The Kier molecular flexibility index (Phi) is 4.63. The third kappa shape index (κ3) is 3.50. The molecule has 0 spiro atoms. The van der Waals surface area contributed by atoms with Crippen LogP contribution in [-0.4, -0.2) is 37.6 Å². The summed E-state index contributed by atoms with van der Waals surface area (Å²) in [5.41, 5.74) is 3.24. The van der Waals surface area contributed by atoms with Crippen molar-refractivity contribution in [3.05, 3.63) is 57.6 Å². The maximum absolute atomic E-state index is 6.34. The van der Waals surface area contributed by atoms with E-state index in [0.29, 0.717) is 11.7 Å². The van der Waals surface area contributed by atoms with E-state index in [1.54, 1.807) is 6.33 Å². The van der Waals surface area contributed by atoms with E-state index in [-0.39, 0.29) is 0 Å². The van der Waals surface area contributed by atoms with Crippen molar-refractivity contribution >= 4 is 29.0 Å². The molecule has 130 valence electrons. The number of fused-ring (bicyclic) bond motifs is 1. The quantitative estimate of drug-likeness (QED) is 0.690. The lowest BCUT2D eigenvalue weighted by Gasteiger charge is -2.33. The van der Waals surface area contributed by atoms with Gasteiger partial charge >= 0.3 is 0 Å². The summed E-state index contributed by atoms with van der Waals surface area (Å²) < 4.78 is 1.87. The Morgan fingerprint density at radius 1 is 1.24 bits per heavy atom. The molecule has 1 atom stereocenters. The predicted octanol–water partition coefficient (Wildman–Crippen LogP) is 4.12. The Labute approximate surface area is 156 Å². The summed E-state index contributed by atoms with van der Waals surface area (Å²) in [4.78, 5) is 11.1. The van der Waals surface area contributed by atoms with E-state index in [2.05, 4.69) is 26.0 Å². The van der Waals surface area contributed by atoms with Gasteiger partial charge in [-0.1, -0.05) is 23.2 Å². The normalized spacial score (nSPS) is 18.8. The van der Waals surface area contributed by atoms with Crippen LogP contribution in [0.2, 0.25) is 10.0 Å². The van der Waals surface area contributed by atoms with Gasteiger partial charge in [0.25, 0.3) is 5.78 Å². The maximum atomic E-state index is 6.34. The van der Waals surface area contributed by atoms with Gasteiger partial charge in [0.1, 0.15) is 6.33 Å². The van der Waals surface area contributed by atoms with Crippen LogP contribution >= 0.6 is 23.2 Å². The van der Waals surface area contributed by atoms with Crippen molar-refractivity contribution < 1.29 is 0 Å². The molecule has 1 aliphatic rings. The molecule has 0 radical (unpaired) electrons.